The highest BCUT2D eigenvalue weighted by molar-refractivity contribution is 5.99. The van der Waals surface area contributed by atoms with Crippen molar-refractivity contribution in [3.63, 3.8) is 0 Å². The Morgan fingerprint density at radius 2 is 1.81 bits per heavy atom. The molecule has 1 aromatic carbocycles. The highest BCUT2D eigenvalue weighted by Crippen LogP contribution is 2.19. The maximum atomic E-state index is 13.0. The summed E-state index contributed by atoms with van der Waals surface area (Å²) >= 11 is 0. The zero-order chi connectivity index (χ0) is 26.9. The Kier molecular flexibility index (Phi) is 13.7. The van der Waals surface area contributed by atoms with Gasteiger partial charge in [0.15, 0.2) is 6.33 Å². The number of rotatable bonds is 9. The van der Waals surface area contributed by atoms with E-state index in [1.165, 1.54) is 30.4 Å². The predicted octanol–water partition coefficient (Wildman–Crippen LogP) is 5.91. The van der Waals surface area contributed by atoms with Gasteiger partial charge >= 0.3 is 0 Å². The molecule has 9 heteroatoms. The highest BCUT2D eigenvalue weighted by Gasteiger charge is 2.11. The molecule has 0 saturated heterocycles. The van der Waals surface area contributed by atoms with E-state index in [2.05, 4.69) is 38.5 Å². The van der Waals surface area contributed by atoms with Crippen molar-refractivity contribution in [3.8, 4) is 5.88 Å². The van der Waals surface area contributed by atoms with Crippen molar-refractivity contribution in [2.45, 2.75) is 41.2 Å². The summed E-state index contributed by atoms with van der Waals surface area (Å²) in [7, 11) is 1.53. The average Bonchev–Trinajstić information content (AvgIpc) is 3.44. The van der Waals surface area contributed by atoms with Crippen molar-refractivity contribution in [2.75, 3.05) is 13.7 Å². The first-order valence-electron chi connectivity index (χ1n) is 11.7. The predicted molar refractivity (Wildman–Crippen MR) is 142 cm³/mol. The maximum absolute atomic E-state index is 13.0. The van der Waals surface area contributed by atoms with Crippen molar-refractivity contribution in [2.24, 2.45) is 4.99 Å². The second-order valence-electron chi connectivity index (χ2n) is 6.73. The fourth-order valence-corrected chi connectivity index (χ4v) is 2.78. The van der Waals surface area contributed by atoms with Gasteiger partial charge in [0.25, 0.3) is 0 Å². The van der Waals surface area contributed by atoms with Gasteiger partial charge in [-0.25, -0.2) is 14.4 Å². The number of benzene rings is 1. The minimum Gasteiger partial charge on any atom is -0.481 e. The lowest BCUT2D eigenvalue weighted by Crippen LogP contribution is -2.10. The summed E-state index contributed by atoms with van der Waals surface area (Å²) < 4.78 is 24.1. The van der Waals surface area contributed by atoms with Gasteiger partial charge in [-0.3, -0.25) is 0 Å². The Hall–Kier alpha value is -4.14. The quantitative estimate of drug-likeness (QED) is 0.209. The molecule has 0 N–H and O–H groups in total. The Bertz CT molecular complexity index is 1120. The van der Waals surface area contributed by atoms with Gasteiger partial charge in [-0.1, -0.05) is 71.2 Å². The fraction of sp³-hybridized carbons (Fsp3) is 0.296. The molecule has 0 radical (unpaired) electrons. The first-order chi connectivity index (χ1) is 17.5. The van der Waals surface area contributed by atoms with Crippen LogP contribution in [-0.2, 0) is 11.3 Å². The molecule has 0 amide bonds. The molecule has 0 bridgehead atoms. The topological polar surface area (TPSA) is 87.3 Å². The molecule has 2 aromatic heterocycles. The summed E-state index contributed by atoms with van der Waals surface area (Å²) in [5.74, 6) is 0.247. The molecule has 3 rings (SSSR count). The fourth-order valence-electron chi connectivity index (χ4n) is 2.78. The van der Waals surface area contributed by atoms with E-state index in [4.69, 9.17) is 9.47 Å². The lowest BCUT2D eigenvalue weighted by Gasteiger charge is -2.12. The molecule has 0 aliphatic carbocycles. The van der Waals surface area contributed by atoms with Crippen LogP contribution < -0.4 is 4.74 Å². The molecule has 0 spiro atoms. The van der Waals surface area contributed by atoms with Crippen LogP contribution >= 0.6 is 0 Å². The van der Waals surface area contributed by atoms with Gasteiger partial charge in [0.1, 0.15) is 12.4 Å². The number of halogens is 1. The number of nitrogens with zero attached hydrogens (tertiary/aromatic N) is 6. The van der Waals surface area contributed by atoms with Crippen molar-refractivity contribution in [1.29, 1.82) is 0 Å². The van der Waals surface area contributed by atoms with Gasteiger partial charge < -0.3 is 9.47 Å². The standard InChI is InChI=1S/C23H23FN6O2.2C2H6/c1-5-21(16(2)14-32-22-11-10-20(24)12-25-22)23(31-4)28-17(3)19-8-6-18(7-9-19)13-30-27-15-26-29-30;2*1-2/h5-12,15H,1,3,13-14H2,2,4H3;2*1-2H3/b21-16-,28-23?;;. The van der Waals surface area contributed by atoms with Crippen LogP contribution in [0, 0.1) is 5.82 Å². The molecule has 0 saturated carbocycles. The number of tetrazole rings is 1. The second-order valence-corrected chi connectivity index (χ2v) is 6.73. The number of hydrogen-bond donors (Lipinski definition) is 0. The summed E-state index contributed by atoms with van der Waals surface area (Å²) in [5.41, 5.74) is 3.87. The molecule has 8 nitrogen and oxygen atoms in total. The summed E-state index contributed by atoms with van der Waals surface area (Å²) in [6.07, 6.45) is 4.13. The van der Waals surface area contributed by atoms with Crippen molar-refractivity contribution < 1.29 is 13.9 Å². The molecular weight excluding hydrogens is 459 g/mol. The SMILES string of the molecule is C=C/C(C(=NC(=C)c1ccc(Cn2ncnn2)cc1)OC)=C(\C)COc1ccc(F)cn1.CC.CC. The third kappa shape index (κ3) is 9.25. The minimum atomic E-state index is -0.424. The first-order valence-corrected chi connectivity index (χ1v) is 11.7. The van der Waals surface area contributed by atoms with Crippen LogP contribution in [0.5, 0.6) is 5.88 Å². The molecule has 0 atom stereocenters. The molecular formula is C27H35FN6O2. The summed E-state index contributed by atoms with van der Waals surface area (Å²) in [6, 6.07) is 10.5. The first kappa shape index (κ1) is 29.9. The largest absolute Gasteiger partial charge is 0.481 e. The van der Waals surface area contributed by atoms with Crippen LogP contribution in [0.25, 0.3) is 5.70 Å². The maximum Gasteiger partial charge on any atom is 0.221 e. The van der Waals surface area contributed by atoms with Gasteiger partial charge in [0, 0.05) is 11.6 Å². The van der Waals surface area contributed by atoms with E-state index in [9.17, 15) is 4.39 Å². The zero-order valence-corrected chi connectivity index (χ0v) is 21.9. The van der Waals surface area contributed by atoms with E-state index >= 15 is 0 Å². The number of pyridine rings is 1. The molecule has 3 aromatic rings. The lowest BCUT2D eigenvalue weighted by atomic mass is 10.1. The second kappa shape index (κ2) is 16.5. The third-order valence-electron chi connectivity index (χ3n) is 4.46. The molecule has 192 valence electrons. The van der Waals surface area contributed by atoms with Gasteiger partial charge in [-0.2, -0.15) is 4.80 Å². The van der Waals surface area contributed by atoms with E-state index in [0.717, 1.165) is 22.9 Å². The summed E-state index contributed by atoms with van der Waals surface area (Å²) in [5, 5.41) is 11.5. The van der Waals surface area contributed by atoms with Crippen LogP contribution in [0.4, 0.5) is 4.39 Å². The molecule has 0 aliphatic heterocycles. The Morgan fingerprint density at radius 1 is 1.11 bits per heavy atom. The van der Waals surface area contributed by atoms with Crippen LogP contribution in [0.1, 0.15) is 45.7 Å². The van der Waals surface area contributed by atoms with Gasteiger partial charge in [-0.15, -0.1) is 10.2 Å². The molecule has 0 aliphatic rings. The van der Waals surface area contributed by atoms with E-state index in [1.807, 2.05) is 58.9 Å². The van der Waals surface area contributed by atoms with E-state index in [0.29, 0.717) is 29.6 Å². The smallest absolute Gasteiger partial charge is 0.221 e. The van der Waals surface area contributed by atoms with Gasteiger partial charge in [0.05, 0.1) is 25.5 Å². The van der Waals surface area contributed by atoms with E-state index in [1.54, 1.807) is 6.08 Å². The van der Waals surface area contributed by atoms with Crippen LogP contribution in [0.2, 0.25) is 0 Å². The monoisotopic (exact) mass is 494 g/mol. The third-order valence-corrected chi connectivity index (χ3v) is 4.46. The van der Waals surface area contributed by atoms with Crippen LogP contribution in [0.3, 0.4) is 0 Å². The normalized spacial score (nSPS) is 11.1. The van der Waals surface area contributed by atoms with E-state index in [-0.39, 0.29) is 6.61 Å². The number of hydrogen-bond acceptors (Lipinski definition) is 7. The van der Waals surface area contributed by atoms with Gasteiger partial charge in [0.2, 0.25) is 11.8 Å². The van der Waals surface area contributed by atoms with Crippen LogP contribution in [-0.4, -0.2) is 44.8 Å². The van der Waals surface area contributed by atoms with Crippen molar-refractivity contribution in [3.05, 3.63) is 96.2 Å². The van der Waals surface area contributed by atoms with Crippen molar-refractivity contribution in [1.82, 2.24) is 25.2 Å². The number of aliphatic imine (C=N–C) groups is 1. The average molecular weight is 495 g/mol. The van der Waals surface area contributed by atoms with Crippen molar-refractivity contribution >= 4 is 11.6 Å². The number of ether oxygens (including phenoxy) is 2. The Labute approximate surface area is 212 Å². The molecule has 2 heterocycles. The highest BCUT2D eigenvalue weighted by atomic mass is 19.1. The molecule has 36 heavy (non-hydrogen) atoms. The van der Waals surface area contributed by atoms with E-state index < -0.39 is 5.82 Å². The molecule has 0 fully saturated rings. The Morgan fingerprint density at radius 3 is 2.33 bits per heavy atom. The number of aromatic nitrogens is 5. The lowest BCUT2D eigenvalue weighted by molar-refractivity contribution is 0.335. The summed E-state index contributed by atoms with van der Waals surface area (Å²) in [6.45, 7) is 18.5. The van der Waals surface area contributed by atoms with Crippen LogP contribution in [0.15, 0.2) is 84.3 Å². The Balaban J connectivity index is 0.00000154. The van der Waals surface area contributed by atoms with Gasteiger partial charge in [-0.05, 0) is 34.9 Å². The minimum absolute atomic E-state index is 0.208. The summed E-state index contributed by atoms with van der Waals surface area (Å²) in [4.78, 5) is 9.92. The molecule has 0 unspecified atom stereocenters. The zero-order valence-electron chi connectivity index (χ0n) is 21.9. The number of methoxy groups -OCH3 is 1.